The summed E-state index contributed by atoms with van der Waals surface area (Å²) in [5.41, 5.74) is 0.949. The van der Waals surface area contributed by atoms with Gasteiger partial charge in [0.1, 0.15) is 17.4 Å². The number of hydrogen-bond donors (Lipinski definition) is 1. The summed E-state index contributed by atoms with van der Waals surface area (Å²) in [5.74, 6) is 2.60. The summed E-state index contributed by atoms with van der Waals surface area (Å²) in [7, 11) is 3.82. The molecule has 2 aromatic rings. The number of benzene rings is 1. The molecule has 0 atom stereocenters. The second kappa shape index (κ2) is 7.72. The number of ether oxygens (including phenoxy) is 1. The first-order valence-electron chi connectivity index (χ1n) is 7.95. The second-order valence-electron chi connectivity index (χ2n) is 5.75. The van der Waals surface area contributed by atoms with E-state index in [-0.39, 0.29) is 0 Å². The lowest BCUT2D eigenvalue weighted by atomic mass is 10.3. The van der Waals surface area contributed by atoms with E-state index in [4.69, 9.17) is 4.74 Å². The normalized spacial score (nSPS) is 15.4. The smallest absolute Gasteiger partial charge is 0.191 e. The Morgan fingerprint density at radius 2 is 1.92 bits per heavy atom. The maximum atomic E-state index is 5.28. The molecule has 1 fully saturated rings. The average molecular weight is 345 g/mol. The lowest BCUT2D eigenvalue weighted by molar-refractivity contribution is 0.312. The molecule has 7 heteroatoms. The van der Waals surface area contributed by atoms with Crippen molar-refractivity contribution in [1.29, 1.82) is 0 Å². The zero-order chi connectivity index (χ0) is 16.9. The molecule has 128 valence electrons. The Bertz CT molecular complexity index is 688. The number of anilines is 3. The highest BCUT2D eigenvalue weighted by Gasteiger charge is 2.17. The summed E-state index contributed by atoms with van der Waals surface area (Å²) in [5, 5.41) is 4.13. The van der Waals surface area contributed by atoms with E-state index in [2.05, 4.69) is 32.1 Å². The fraction of sp³-hybridized carbons (Fsp3) is 0.412. The first kappa shape index (κ1) is 16.9. The number of methoxy groups -OCH3 is 1. The van der Waals surface area contributed by atoms with Gasteiger partial charge < -0.3 is 19.9 Å². The Labute approximate surface area is 147 Å². The molecule has 0 spiro atoms. The van der Waals surface area contributed by atoms with Crippen molar-refractivity contribution in [3.05, 3.63) is 30.3 Å². The third-order valence-corrected chi connectivity index (χ3v) is 4.59. The van der Waals surface area contributed by atoms with Crippen molar-refractivity contribution in [1.82, 2.24) is 14.9 Å². The number of thioether (sulfide) groups is 1. The minimum absolute atomic E-state index is 0.775. The fourth-order valence-corrected chi connectivity index (χ4v) is 2.99. The van der Waals surface area contributed by atoms with Gasteiger partial charge in [0.15, 0.2) is 5.16 Å². The molecular formula is C17H23N5OS. The van der Waals surface area contributed by atoms with Gasteiger partial charge in [0.05, 0.1) is 7.11 Å². The molecule has 1 aliphatic rings. The maximum Gasteiger partial charge on any atom is 0.191 e. The Hall–Kier alpha value is -1.99. The maximum absolute atomic E-state index is 5.28. The van der Waals surface area contributed by atoms with Crippen LogP contribution in [0, 0.1) is 0 Å². The van der Waals surface area contributed by atoms with Gasteiger partial charge in [-0.2, -0.15) is 0 Å². The Morgan fingerprint density at radius 1 is 1.12 bits per heavy atom. The molecule has 1 N–H and O–H groups in total. The Balaban J connectivity index is 1.83. The van der Waals surface area contributed by atoms with Crippen LogP contribution in [0.25, 0.3) is 0 Å². The first-order chi connectivity index (χ1) is 11.7. The van der Waals surface area contributed by atoms with Crippen molar-refractivity contribution in [3.63, 3.8) is 0 Å². The van der Waals surface area contributed by atoms with E-state index in [1.165, 1.54) is 0 Å². The van der Waals surface area contributed by atoms with Gasteiger partial charge in [-0.05, 0) is 25.4 Å². The van der Waals surface area contributed by atoms with Gasteiger partial charge in [0.25, 0.3) is 0 Å². The van der Waals surface area contributed by atoms with Crippen LogP contribution in [-0.2, 0) is 0 Å². The van der Waals surface area contributed by atoms with Crippen LogP contribution < -0.4 is 15.0 Å². The van der Waals surface area contributed by atoms with E-state index in [1.807, 2.05) is 36.6 Å². The van der Waals surface area contributed by atoms with E-state index in [0.29, 0.717) is 0 Å². The van der Waals surface area contributed by atoms with Gasteiger partial charge in [-0.3, -0.25) is 0 Å². The van der Waals surface area contributed by atoms with Gasteiger partial charge in [-0.1, -0.05) is 17.8 Å². The summed E-state index contributed by atoms with van der Waals surface area (Å²) >= 11 is 1.56. The number of hydrogen-bond acceptors (Lipinski definition) is 7. The topological polar surface area (TPSA) is 53.5 Å². The monoisotopic (exact) mass is 345 g/mol. The number of aromatic nitrogens is 2. The van der Waals surface area contributed by atoms with Crippen LogP contribution in [0.3, 0.4) is 0 Å². The molecular weight excluding hydrogens is 322 g/mol. The van der Waals surface area contributed by atoms with E-state index >= 15 is 0 Å². The molecule has 0 unspecified atom stereocenters. The second-order valence-corrected chi connectivity index (χ2v) is 6.52. The molecule has 0 aliphatic carbocycles. The van der Waals surface area contributed by atoms with Gasteiger partial charge in [-0.25, -0.2) is 9.97 Å². The molecule has 1 aromatic carbocycles. The van der Waals surface area contributed by atoms with Crippen LogP contribution in [0.5, 0.6) is 5.75 Å². The molecule has 24 heavy (non-hydrogen) atoms. The van der Waals surface area contributed by atoms with E-state index < -0.39 is 0 Å². The largest absolute Gasteiger partial charge is 0.497 e. The minimum Gasteiger partial charge on any atom is -0.497 e. The number of likely N-dealkylation sites (N-methyl/N-ethyl adjacent to an activating group) is 1. The minimum atomic E-state index is 0.775. The third kappa shape index (κ3) is 4.10. The highest BCUT2D eigenvalue weighted by molar-refractivity contribution is 7.98. The van der Waals surface area contributed by atoms with Gasteiger partial charge >= 0.3 is 0 Å². The molecule has 3 rings (SSSR count). The molecule has 2 heterocycles. The summed E-state index contributed by atoms with van der Waals surface area (Å²) in [6.45, 7) is 4.08. The van der Waals surface area contributed by atoms with Gasteiger partial charge in [0.2, 0.25) is 0 Å². The summed E-state index contributed by atoms with van der Waals surface area (Å²) in [6, 6.07) is 9.85. The number of nitrogens with one attached hydrogen (secondary N) is 1. The molecule has 0 bridgehead atoms. The van der Waals surface area contributed by atoms with Crippen molar-refractivity contribution in [2.45, 2.75) is 5.16 Å². The molecule has 1 aliphatic heterocycles. The van der Waals surface area contributed by atoms with E-state index in [0.717, 1.165) is 54.4 Å². The number of piperazine rings is 1. The zero-order valence-electron chi connectivity index (χ0n) is 14.3. The van der Waals surface area contributed by atoms with Gasteiger partial charge in [-0.15, -0.1) is 0 Å². The number of rotatable bonds is 5. The van der Waals surface area contributed by atoms with Crippen molar-refractivity contribution in [2.75, 3.05) is 56.8 Å². The molecule has 1 aromatic heterocycles. The van der Waals surface area contributed by atoms with Crippen LogP contribution in [0.4, 0.5) is 17.3 Å². The molecule has 0 amide bonds. The number of nitrogens with zero attached hydrogens (tertiary/aromatic N) is 4. The SMILES string of the molecule is COc1cccc(Nc2cc(N3CCN(C)CC3)nc(SC)n2)c1. The van der Waals surface area contributed by atoms with Crippen molar-refractivity contribution < 1.29 is 4.74 Å². The van der Waals surface area contributed by atoms with Crippen molar-refractivity contribution in [2.24, 2.45) is 0 Å². The molecule has 6 nitrogen and oxygen atoms in total. The summed E-state index contributed by atoms with van der Waals surface area (Å²) < 4.78 is 5.28. The van der Waals surface area contributed by atoms with Crippen molar-refractivity contribution in [3.8, 4) is 5.75 Å². The van der Waals surface area contributed by atoms with Crippen LogP contribution in [0.1, 0.15) is 0 Å². The quantitative estimate of drug-likeness (QED) is 0.660. The molecule has 1 saturated heterocycles. The fourth-order valence-electron chi connectivity index (χ4n) is 2.61. The summed E-state index contributed by atoms with van der Waals surface area (Å²) in [6.07, 6.45) is 2.00. The van der Waals surface area contributed by atoms with Crippen LogP contribution in [0.2, 0.25) is 0 Å². The van der Waals surface area contributed by atoms with E-state index in [1.54, 1.807) is 18.9 Å². The summed E-state index contributed by atoms with van der Waals surface area (Å²) in [4.78, 5) is 13.9. The standard InChI is InChI=1S/C17H23N5OS/c1-21-7-9-22(10-8-21)16-12-15(19-17(20-16)24-3)18-13-5-4-6-14(11-13)23-2/h4-6,11-12H,7-10H2,1-3H3,(H,18,19,20). The van der Waals surface area contributed by atoms with Crippen LogP contribution >= 0.6 is 11.8 Å². The van der Waals surface area contributed by atoms with Gasteiger partial charge in [0, 0.05) is 44.0 Å². The highest BCUT2D eigenvalue weighted by Crippen LogP contribution is 2.25. The van der Waals surface area contributed by atoms with Crippen molar-refractivity contribution >= 4 is 29.1 Å². The Kier molecular flexibility index (Phi) is 5.42. The zero-order valence-corrected chi connectivity index (χ0v) is 15.1. The van der Waals surface area contributed by atoms with Crippen LogP contribution in [-0.4, -0.2) is 61.5 Å². The Morgan fingerprint density at radius 3 is 2.62 bits per heavy atom. The molecule has 0 saturated carbocycles. The molecule has 0 radical (unpaired) electrons. The van der Waals surface area contributed by atoms with E-state index in [9.17, 15) is 0 Å². The average Bonchev–Trinajstić information content (AvgIpc) is 2.62. The predicted octanol–water partition coefficient (Wildman–Crippen LogP) is 2.70. The lowest BCUT2D eigenvalue weighted by Gasteiger charge is -2.33. The van der Waals surface area contributed by atoms with Crippen LogP contribution in [0.15, 0.2) is 35.5 Å². The predicted molar refractivity (Wildman–Crippen MR) is 99.8 cm³/mol. The lowest BCUT2D eigenvalue weighted by Crippen LogP contribution is -2.44. The third-order valence-electron chi connectivity index (χ3n) is 4.04. The first-order valence-corrected chi connectivity index (χ1v) is 9.18. The highest BCUT2D eigenvalue weighted by atomic mass is 32.2.